The topological polar surface area (TPSA) is 121 Å². The molecule has 1 aliphatic rings. The van der Waals surface area contributed by atoms with E-state index in [1.807, 2.05) is 0 Å². The fraction of sp³-hybridized carbons (Fsp3) is 0.211. The van der Waals surface area contributed by atoms with Crippen molar-refractivity contribution < 1.29 is 17.9 Å². The summed E-state index contributed by atoms with van der Waals surface area (Å²) in [5, 5.41) is 3.07. The number of aromatic nitrogens is 2. The molecule has 1 aliphatic heterocycles. The van der Waals surface area contributed by atoms with Gasteiger partial charge in [0.25, 0.3) is 5.91 Å². The van der Waals surface area contributed by atoms with E-state index in [0.717, 1.165) is 6.07 Å². The second-order valence-corrected chi connectivity index (χ2v) is 8.90. The molecule has 1 fully saturated rings. The highest BCUT2D eigenvalue weighted by atomic mass is 35.5. The molecule has 1 saturated heterocycles. The van der Waals surface area contributed by atoms with Crippen LogP contribution in [0.2, 0.25) is 5.02 Å². The van der Waals surface area contributed by atoms with Gasteiger partial charge in [0.1, 0.15) is 0 Å². The number of carbonyl (C=O) groups excluding carboxylic acids is 1. The van der Waals surface area contributed by atoms with E-state index in [9.17, 15) is 18.0 Å². The smallest absolute Gasteiger partial charge is 0.257 e. The molecule has 4 rings (SSSR count). The second kappa shape index (κ2) is 8.15. The molecule has 0 atom stereocenters. The van der Waals surface area contributed by atoms with E-state index in [0.29, 0.717) is 18.7 Å². The third-order valence-corrected chi connectivity index (χ3v) is 6.86. The van der Waals surface area contributed by atoms with E-state index in [1.54, 1.807) is 12.1 Å². The minimum Gasteiger partial charge on any atom is -0.379 e. The normalized spacial score (nSPS) is 15.2. The number of anilines is 1. The number of halogens is 1. The Morgan fingerprint density at radius 3 is 2.70 bits per heavy atom. The molecule has 2 aromatic heterocycles. The van der Waals surface area contributed by atoms with Gasteiger partial charge in [-0.15, -0.1) is 0 Å². The summed E-state index contributed by atoms with van der Waals surface area (Å²) in [4.78, 5) is 31.5. The molecule has 3 aromatic rings. The highest BCUT2D eigenvalue weighted by molar-refractivity contribution is 7.89. The van der Waals surface area contributed by atoms with Crippen LogP contribution in [0.15, 0.2) is 52.3 Å². The maximum Gasteiger partial charge on any atom is 0.257 e. The van der Waals surface area contributed by atoms with Gasteiger partial charge >= 0.3 is 0 Å². The molecule has 0 bridgehead atoms. The van der Waals surface area contributed by atoms with Crippen LogP contribution in [0.3, 0.4) is 0 Å². The molecule has 0 unspecified atom stereocenters. The number of hydrogen-bond donors (Lipinski definition) is 2. The maximum atomic E-state index is 13.0. The number of H-pyrrole nitrogens is 1. The lowest BCUT2D eigenvalue weighted by atomic mass is 10.1. The summed E-state index contributed by atoms with van der Waals surface area (Å²) in [5.74, 6) is -0.498. The fourth-order valence-electron chi connectivity index (χ4n) is 3.17. The third-order valence-electron chi connectivity index (χ3n) is 4.66. The van der Waals surface area contributed by atoms with E-state index in [2.05, 4.69) is 15.3 Å². The summed E-state index contributed by atoms with van der Waals surface area (Å²) in [5.41, 5.74) is -0.154. The van der Waals surface area contributed by atoms with Gasteiger partial charge in [-0.1, -0.05) is 11.6 Å². The summed E-state index contributed by atoms with van der Waals surface area (Å²) in [7, 11) is -3.78. The molecule has 0 aliphatic carbocycles. The van der Waals surface area contributed by atoms with Gasteiger partial charge in [0.2, 0.25) is 15.6 Å². The van der Waals surface area contributed by atoms with Gasteiger partial charge in [-0.25, -0.2) is 13.4 Å². The molecule has 1 aromatic carbocycles. The number of rotatable bonds is 4. The number of ether oxygens (including phenoxy) is 1. The highest BCUT2D eigenvalue weighted by Gasteiger charge is 2.27. The average Bonchev–Trinajstić information content (AvgIpc) is 2.75. The number of benzene rings is 1. The quantitative estimate of drug-likeness (QED) is 0.628. The Balaban J connectivity index is 1.78. The summed E-state index contributed by atoms with van der Waals surface area (Å²) in [6.07, 6.45) is 1.46. The summed E-state index contributed by atoms with van der Waals surface area (Å²) in [6.45, 7) is 1.13. The molecular formula is C19H17ClN4O5S. The van der Waals surface area contributed by atoms with Crippen LogP contribution in [0.5, 0.6) is 0 Å². The van der Waals surface area contributed by atoms with Crippen molar-refractivity contribution in [1.29, 1.82) is 0 Å². The van der Waals surface area contributed by atoms with E-state index in [1.165, 1.54) is 28.7 Å². The monoisotopic (exact) mass is 448 g/mol. The lowest BCUT2D eigenvalue weighted by Crippen LogP contribution is -2.40. The Bertz CT molecular complexity index is 1290. The summed E-state index contributed by atoms with van der Waals surface area (Å²) >= 11 is 6.04. The molecule has 30 heavy (non-hydrogen) atoms. The summed E-state index contributed by atoms with van der Waals surface area (Å²) < 4.78 is 32.5. The average molecular weight is 449 g/mol. The van der Waals surface area contributed by atoms with Crippen molar-refractivity contribution in [2.45, 2.75) is 4.90 Å². The predicted molar refractivity (Wildman–Crippen MR) is 111 cm³/mol. The molecule has 11 heteroatoms. The molecule has 0 radical (unpaired) electrons. The number of aromatic amines is 1. The van der Waals surface area contributed by atoms with Crippen molar-refractivity contribution in [3.05, 3.63) is 63.5 Å². The zero-order valence-corrected chi connectivity index (χ0v) is 17.2. The van der Waals surface area contributed by atoms with Crippen molar-refractivity contribution in [2.24, 2.45) is 0 Å². The van der Waals surface area contributed by atoms with Crippen molar-refractivity contribution in [1.82, 2.24) is 14.3 Å². The molecule has 156 valence electrons. The first-order valence-corrected chi connectivity index (χ1v) is 10.8. The highest BCUT2D eigenvalue weighted by Crippen LogP contribution is 2.25. The lowest BCUT2D eigenvalue weighted by molar-refractivity contribution is 0.0730. The standard InChI is InChI=1S/C19H17ClN4O5S/c20-15-2-1-5-21-18(15)23-19(26)14-11-17(25)22-16-4-3-12(10-13(14)16)30(27,28)24-6-8-29-9-7-24/h1-5,10-11H,6-9H2,(H,22,25)(H,21,23,26). The Labute approximate surface area is 176 Å². The van der Waals surface area contributed by atoms with E-state index in [-0.39, 0.29) is 39.8 Å². The number of nitrogens with one attached hydrogen (secondary N) is 2. The molecule has 3 heterocycles. The van der Waals surface area contributed by atoms with E-state index in [4.69, 9.17) is 16.3 Å². The predicted octanol–water partition coefficient (Wildman–Crippen LogP) is 1.85. The van der Waals surface area contributed by atoms with Crippen LogP contribution >= 0.6 is 11.6 Å². The van der Waals surface area contributed by atoms with Gasteiger partial charge in [-0.05, 0) is 30.3 Å². The van der Waals surface area contributed by atoms with Gasteiger partial charge in [0.15, 0.2) is 5.82 Å². The molecule has 2 N–H and O–H groups in total. The van der Waals surface area contributed by atoms with Crippen LogP contribution in [0.25, 0.3) is 10.9 Å². The zero-order chi connectivity index (χ0) is 21.3. The molecule has 0 spiro atoms. The van der Waals surface area contributed by atoms with Gasteiger partial charge in [-0.3, -0.25) is 9.59 Å². The van der Waals surface area contributed by atoms with Crippen molar-refractivity contribution in [3.8, 4) is 0 Å². The number of nitrogens with zero attached hydrogens (tertiary/aromatic N) is 2. The number of carbonyl (C=O) groups is 1. The van der Waals surface area contributed by atoms with Gasteiger partial charge in [0, 0.05) is 36.3 Å². The van der Waals surface area contributed by atoms with E-state index >= 15 is 0 Å². The SMILES string of the molecule is O=C(Nc1ncccc1Cl)c1cc(=O)[nH]c2ccc(S(=O)(=O)N3CCOCC3)cc12. The van der Waals surface area contributed by atoms with Crippen LogP contribution in [-0.4, -0.2) is 54.9 Å². The maximum absolute atomic E-state index is 13.0. The number of morpholine rings is 1. The van der Waals surface area contributed by atoms with Gasteiger partial charge < -0.3 is 15.0 Å². The zero-order valence-electron chi connectivity index (χ0n) is 15.6. The Morgan fingerprint density at radius 1 is 1.20 bits per heavy atom. The van der Waals surface area contributed by atoms with Crippen LogP contribution in [0.4, 0.5) is 5.82 Å². The minimum atomic E-state index is -3.78. The fourth-order valence-corrected chi connectivity index (χ4v) is 4.77. The van der Waals surface area contributed by atoms with Crippen molar-refractivity contribution in [2.75, 3.05) is 31.6 Å². The Kier molecular flexibility index (Phi) is 5.56. The first-order valence-electron chi connectivity index (χ1n) is 9.03. The largest absolute Gasteiger partial charge is 0.379 e. The Morgan fingerprint density at radius 2 is 1.97 bits per heavy atom. The number of sulfonamides is 1. The van der Waals surface area contributed by atoms with Crippen LogP contribution < -0.4 is 10.9 Å². The third kappa shape index (κ3) is 3.94. The van der Waals surface area contributed by atoms with Crippen molar-refractivity contribution >= 4 is 44.3 Å². The minimum absolute atomic E-state index is 0.00879. The van der Waals surface area contributed by atoms with Crippen molar-refractivity contribution in [3.63, 3.8) is 0 Å². The van der Waals surface area contributed by atoms with Crippen LogP contribution in [0, 0.1) is 0 Å². The number of amides is 1. The Hall–Kier alpha value is -2.79. The number of fused-ring (bicyclic) bond motifs is 1. The van der Waals surface area contributed by atoms with E-state index < -0.39 is 21.5 Å². The molecular weight excluding hydrogens is 432 g/mol. The van der Waals surface area contributed by atoms with Gasteiger partial charge in [0.05, 0.1) is 28.7 Å². The second-order valence-electron chi connectivity index (χ2n) is 6.56. The lowest BCUT2D eigenvalue weighted by Gasteiger charge is -2.26. The molecule has 1 amide bonds. The van der Waals surface area contributed by atoms with Crippen LogP contribution in [0.1, 0.15) is 10.4 Å². The van der Waals surface area contributed by atoms with Crippen LogP contribution in [-0.2, 0) is 14.8 Å². The first-order chi connectivity index (χ1) is 14.4. The molecule has 9 nitrogen and oxygen atoms in total. The number of hydrogen-bond acceptors (Lipinski definition) is 6. The summed E-state index contributed by atoms with van der Waals surface area (Å²) in [6, 6.07) is 8.54. The molecule has 0 saturated carbocycles. The van der Waals surface area contributed by atoms with Gasteiger partial charge in [-0.2, -0.15) is 4.31 Å². The first kappa shape index (κ1) is 20.5. The number of pyridine rings is 2.